The van der Waals surface area contributed by atoms with Gasteiger partial charge in [0.25, 0.3) is 0 Å². The minimum absolute atomic E-state index is 0.00953. The lowest BCUT2D eigenvalue weighted by molar-refractivity contribution is 0.0416. The van der Waals surface area contributed by atoms with E-state index in [1.807, 2.05) is 30.3 Å². The van der Waals surface area contributed by atoms with Crippen molar-refractivity contribution in [3.63, 3.8) is 0 Å². The van der Waals surface area contributed by atoms with Crippen LogP contribution >= 0.6 is 0 Å². The lowest BCUT2D eigenvalue weighted by Crippen LogP contribution is -2.27. The Morgan fingerprint density at radius 2 is 2.08 bits per heavy atom. The zero-order valence-electron chi connectivity index (χ0n) is 13.3. The Morgan fingerprint density at radius 1 is 1.20 bits per heavy atom. The van der Waals surface area contributed by atoms with Crippen LogP contribution < -0.4 is 0 Å². The molecule has 3 atom stereocenters. The van der Waals surface area contributed by atoms with Crippen LogP contribution in [0.15, 0.2) is 42.5 Å². The van der Waals surface area contributed by atoms with Crippen molar-refractivity contribution >= 4 is 27.8 Å². The van der Waals surface area contributed by atoms with Crippen molar-refractivity contribution in [1.82, 2.24) is 9.97 Å². The van der Waals surface area contributed by atoms with Crippen molar-refractivity contribution in [2.24, 2.45) is 0 Å². The third-order valence-corrected chi connectivity index (χ3v) is 5.02. The number of hydrogen-bond donors (Lipinski definition) is 2. The summed E-state index contributed by atoms with van der Waals surface area (Å²) in [5, 5.41) is 11.4. The topological polar surface area (TPSA) is 84.4 Å². The number of aromatic carboxylic acids is 1. The van der Waals surface area contributed by atoms with Gasteiger partial charge in [-0.15, -0.1) is 0 Å². The second-order valence-corrected chi connectivity index (χ2v) is 6.47. The number of carboxylic acid groups (broad SMARTS) is 1. The van der Waals surface area contributed by atoms with Crippen molar-refractivity contribution in [2.45, 2.75) is 24.5 Å². The Balaban J connectivity index is 1.73. The SMILES string of the molecule is O=C(O)c1cc2c([nH]c3ccccc32)c(C2C=CC3OCOC3C2)n1. The van der Waals surface area contributed by atoms with Crippen molar-refractivity contribution in [3.8, 4) is 0 Å². The summed E-state index contributed by atoms with van der Waals surface area (Å²) < 4.78 is 11.1. The first-order chi connectivity index (χ1) is 12.2. The highest BCUT2D eigenvalue weighted by Gasteiger charge is 2.34. The molecule has 1 aromatic carbocycles. The molecule has 6 nitrogen and oxygen atoms in total. The van der Waals surface area contributed by atoms with Gasteiger partial charge in [0.15, 0.2) is 0 Å². The number of para-hydroxylation sites is 1. The van der Waals surface area contributed by atoms with E-state index in [0.717, 1.165) is 33.9 Å². The Kier molecular flexibility index (Phi) is 3.16. The second kappa shape index (κ2) is 5.40. The zero-order valence-corrected chi connectivity index (χ0v) is 13.3. The molecule has 1 saturated heterocycles. The number of hydrogen-bond acceptors (Lipinski definition) is 4. The maximum Gasteiger partial charge on any atom is 0.354 e. The molecule has 3 heterocycles. The van der Waals surface area contributed by atoms with Gasteiger partial charge in [-0.1, -0.05) is 30.4 Å². The summed E-state index contributed by atoms with van der Waals surface area (Å²) in [4.78, 5) is 19.4. The molecule has 5 rings (SSSR count). The third kappa shape index (κ3) is 2.26. The molecule has 0 spiro atoms. The fourth-order valence-corrected chi connectivity index (χ4v) is 3.81. The minimum Gasteiger partial charge on any atom is -0.477 e. The molecule has 3 aromatic rings. The summed E-state index contributed by atoms with van der Waals surface area (Å²) in [6, 6.07) is 9.53. The minimum atomic E-state index is -1.02. The number of rotatable bonds is 2. The van der Waals surface area contributed by atoms with Gasteiger partial charge < -0.3 is 19.6 Å². The molecule has 0 amide bonds. The number of nitrogens with zero attached hydrogens (tertiary/aromatic N) is 1. The first-order valence-electron chi connectivity index (χ1n) is 8.27. The van der Waals surface area contributed by atoms with Crippen LogP contribution in [0.1, 0.15) is 28.5 Å². The number of carbonyl (C=O) groups is 1. The highest BCUT2D eigenvalue weighted by molar-refractivity contribution is 6.09. The number of pyridine rings is 1. The van der Waals surface area contributed by atoms with Crippen LogP contribution in [0, 0.1) is 0 Å². The van der Waals surface area contributed by atoms with Gasteiger partial charge >= 0.3 is 5.97 Å². The summed E-state index contributed by atoms with van der Waals surface area (Å²) in [6.07, 6.45) is 4.74. The van der Waals surface area contributed by atoms with Gasteiger partial charge in [0, 0.05) is 22.2 Å². The summed E-state index contributed by atoms with van der Waals surface area (Å²) in [7, 11) is 0. The predicted octanol–water partition coefficient (Wildman–Crippen LogP) is 3.20. The van der Waals surface area contributed by atoms with Gasteiger partial charge in [-0.3, -0.25) is 0 Å². The number of aromatic nitrogens is 2. The molecular formula is C19H16N2O4. The Bertz CT molecular complexity index is 1020. The quantitative estimate of drug-likeness (QED) is 0.702. The normalized spacial score (nSPS) is 25.5. The van der Waals surface area contributed by atoms with E-state index in [2.05, 4.69) is 16.0 Å². The van der Waals surface area contributed by atoms with Crippen LogP contribution in [-0.4, -0.2) is 40.0 Å². The molecule has 25 heavy (non-hydrogen) atoms. The average molecular weight is 336 g/mol. The molecule has 1 aliphatic heterocycles. The standard InChI is InChI=1S/C19H16N2O4/c22-19(23)14-8-12-11-3-1-2-4-13(11)20-18(12)17(21-14)10-5-6-15-16(7-10)25-9-24-15/h1-6,8,10,15-16,20H,7,9H2,(H,22,23). The molecule has 0 radical (unpaired) electrons. The summed E-state index contributed by atoms with van der Waals surface area (Å²) in [5.41, 5.74) is 2.67. The number of ether oxygens (including phenoxy) is 2. The number of fused-ring (bicyclic) bond motifs is 4. The van der Waals surface area contributed by atoms with Gasteiger partial charge in [0.05, 0.1) is 17.3 Å². The van der Waals surface area contributed by atoms with Crippen molar-refractivity contribution < 1.29 is 19.4 Å². The first kappa shape index (κ1) is 14.6. The molecule has 3 unspecified atom stereocenters. The fraction of sp³-hybridized carbons (Fsp3) is 0.263. The van der Waals surface area contributed by atoms with Crippen LogP contribution in [-0.2, 0) is 9.47 Å². The van der Waals surface area contributed by atoms with E-state index in [0.29, 0.717) is 6.79 Å². The van der Waals surface area contributed by atoms with Crippen LogP contribution in [0.4, 0.5) is 0 Å². The molecular weight excluding hydrogens is 320 g/mol. The van der Waals surface area contributed by atoms with Crippen molar-refractivity contribution in [1.29, 1.82) is 0 Å². The number of aromatic amines is 1. The van der Waals surface area contributed by atoms with E-state index in [1.165, 1.54) is 0 Å². The molecule has 1 aliphatic carbocycles. The molecule has 6 heteroatoms. The highest BCUT2D eigenvalue weighted by atomic mass is 16.7. The molecule has 0 saturated carbocycles. The number of carboxylic acids is 1. The van der Waals surface area contributed by atoms with Crippen molar-refractivity contribution in [2.75, 3.05) is 6.79 Å². The van der Waals surface area contributed by atoms with E-state index < -0.39 is 5.97 Å². The van der Waals surface area contributed by atoms with Crippen LogP contribution in [0.3, 0.4) is 0 Å². The van der Waals surface area contributed by atoms with Gasteiger partial charge in [-0.25, -0.2) is 9.78 Å². The lowest BCUT2D eigenvalue weighted by Gasteiger charge is -2.24. The number of nitrogens with one attached hydrogen (secondary N) is 1. The maximum atomic E-state index is 11.6. The molecule has 2 aromatic heterocycles. The molecule has 126 valence electrons. The second-order valence-electron chi connectivity index (χ2n) is 6.47. The largest absolute Gasteiger partial charge is 0.477 e. The molecule has 1 fully saturated rings. The lowest BCUT2D eigenvalue weighted by atomic mass is 9.88. The molecule has 0 bridgehead atoms. The maximum absolute atomic E-state index is 11.6. The Hall–Kier alpha value is -2.70. The molecule has 2 aliphatic rings. The first-order valence-corrected chi connectivity index (χ1v) is 8.27. The van der Waals surface area contributed by atoms with Gasteiger partial charge in [0.2, 0.25) is 0 Å². The van der Waals surface area contributed by atoms with Crippen LogP contribution in [0.25, 0.3) is 21.8 Å². The monoisotopic (exact) mass is 336 g/mol. The zero-order chi connectivity index (χ0) is 17.0. The van der Waals surface area contributed by atoms with E-state index >= 15 is 0 Å². The van der Waals surface area contributed by atoms with Crippen LogP contribution in [0.2, 0.25) is 0 Å². The van der Waals surface area contributed by atoms with E-state index in [9.17, 15) is 9.90 Å². The van der Waals surface area contributed by atoms with E-state index in [4.69, 9.17) is 9.47 Å². The van der Waals surface area contributed by atoms with Crippen LogP contribution in [0.5, 0.6) is 0 Å². The fourth-order valence-electron chi connectivity index (χ4n) is 3.81. The van der Waals surface area contributed by atoms with E-state index in [1.54, 1.807) is 6.07 Å². The van der Waals surface area contributed by atoms with Gasteiger partial charge in [-0.05, 0) is 18.6 Å². The highest BCUT2D eigenvalue weighted by Crippen LogP contribution is 2.37. The average Bonchev–Trinajstić information content (AvgIpc) is 3.24. The van der Waals surface area contributed by atoms with E-state index in [-0.39, 0.29) is 23.8 Å². The summed E-state index contributed by atoms with van der Waals surface area (Å²) in [6.45, 7) is 0.302. The number of allylic oxidation sites excluding steroid dienone is 1. The third-order valence-electron chi connectivity index (χ3n) is 5.02. The number of benzene rings is 1. The predicted molar refractivity (Wildman–Crippen MR) is 91.7 cm³/mol. The van der Waals surface area contributed by atoms with Crippen molar-refractivity contribution in [3.05, 3.63) is 53.9 Å². The summed E-state index contributed by atoms with van der Waals surface area (Å²) >= 11 is 0. The van der Waals surface area contributed by atoms with Gasteiger partial charge in [-0.2, -0.15) is 0 Å². The number of H-pyrrole nitrogens is 1. The smallest absolute Gasteiger partial charge is 0.354 e. The summed E-state index contributed by atoms with van der Waals surface area (Å²) in [5.74, 6) is -1.04. The Morgan fingerprint density at radius 3 is 2.96 bits per heavy atom. The van der Waals surface area contributed by atoms with Gasteiger partial charge in [0.1, 0.15) is 18.6 Å². The molecule has 2 N–H and O–H groups in total. The Labute approximate surface area is 143 Å².